The maximum atomic E-state index is 13.5. The summed E-state index contributed by atoms with van der Waals surface area (Å²) in [6.45, 7) is 6.31. The van der Waals surface area contributed by atoms with Crippen LogP contribution in [0, 0.1) is 16.2 Å². The molecule has 0 spiro atoms. The summed E-state index contributed by atoms with van der Waals surface area (Å²) in [4.78, 5) is 31.3. The summed E-state index contributed by atoms with van der Waals surface area (Å²) in [7, 11) is 1.56. The van der Waals surface area contributed by atoms with Crippen molar-refractivity contribution in [2.75, 3.05) is 12.4 Å². The Bertz CT molecular complexity index is 1100. The van der Waals surface area contributed by atoms with Crippen LogP contribution in [0.3, 0.4) is 0 Å². The molecule has 0 aliphatic heterocycles. The summed E-state index contributed by atoms with van der Waals surface area (Å²) in [5.74, 6) is 0.0600. The van der Waals surface area contributed by atoms with E-state index in [0.29, 0.717) is 28.4 Å². The fourth-order valence-electron chi connectivity index (χ4n) is 5.22. The molecule has 2 aromatic carbocycles. The summed E-state index contributed by atoms with van der Waals surface area (Å²) in [6.07, 6.45) is 1.98. The fourth-order valence-corrected chi connectivity index (χ4v) is 5.41. The van der Waals surface area contributed by atoms with Gasteiger partial charge in [-0.25, -0.2) is 4.79 Å². The average Bonchev–Trinajstić information content (AvgIpc) is 3.08. The van der Waals surface area contributed by atoms with Crippen LogP contribution in [0.5, 0.6) is 5.75 Å². The van der Waals surface area contributed by atoms with Crippen molar-refractivity contribution in [3.8, 4) is 5.75 Å². The number of carbonyl (C=O) groups excluding carboxylic acids is 2. The van der Waals surface area contributed by atoms with Gasteiger partial charge in [0.1, 0.15) is 5.75 Å². The van der Waals surface area contributed by atoms with Crippen molar-refractivity contribution in [2.45, 2.75) is 40.0 Å². The van der Waals surface area contributed by atoms with Crippen LogP contribution in [0.25, 0.3) is 0 Å². The fraction of sp³-hybridized carbons (Fsp3) is 0.400. The van der Waals surface area contributed by atoms with Gasteiger partial charge >= 0.3 is 5.97 Å². The molecule has 2 aliphatic carbocycles. The van der Waals surface area contributed by atoms with Crippen LogP contribution < -0.4 is 10.1 Å². The van der Waals surface area contributed by atoms with E-state index in [9.17, 15) is 9.59 Å². The number of anilines is 1. The van der Waals surface area contributed by atoms with E-state index in [1.807, 2.05) is 6.07 Å². The molecule has 1 amide bonds. The molecule has 4 rings (SSSR count). The van der Waals surface area contributed by atoms with Gasteiger partial charge < -0.3 is 14.9 Å². The Labute approximate surface area is 192 Å². The third kappa shape index (κ3) is 3.37. The third-order valence-electron chi connectivity index (χ3n) is 7.82. The Morgan fingerprint density at radius 1 is 1.06 bits per heavy atom. The van der Waals surface area contributed by atoms with E-state index in [1.165, 1.54) is 0 Å². The Hall–Kier alpha value is -2.86. The number of nitrogens with one attached hydrogen (secondary N) is 1. The van der Waals surface area contributed by atoms with Crippen LogP contribution >= 0.6 is 11.6 Å². The zero-order valence-electron chi connectivity index (χ0n) is 18.7. The van der Waals surface area contributed by atoms with Gasteiger partial charge in [-0.2, -0.15) is 0 Å². The molecular weight excluding hydrogens is 428 g/mol. The number of hydrogen-bond acceptors (Lipinski definition) is 5. The maximum Gasteiger partial charge on any atom is 0.365 e. The normalized spacial score (nSPS) is 26.7. The summed E-state index contributed by atoms with van der Waals surface area (Å²) in [5.41, 5.74) is 0.438. The van der Waals surface area contributed by atoms with Gasteiger partial charge in [0.05, 0.1) is 23.8 Å². The lowest BCUT2D eigenvalue weighted by atomic mass is 9.64. The Morgan fingerprint density at radius 3 is 2.44 bits per heavy atom. The van der Waals surface area contributed by atoms with Gasteiger partial charge in [0.15, 0.2) is 0 Å². The molecule has 168 valence electrons. The van der Waals surface area contributed by atoms with E-state index >= 15 is 0 Å². The smallest absolute Gasteiger partial charge is 0.365 e. The minimum atomic E-state index is -0.643. The van der Waals surface area contributed by atoms with Crippen molar-refractivity contribution < 1.29 is 19.2 Å². The van der Waals surface area contributed by atoms with Crippen molar-refractivity contribution in [1.82, 2.24) is 0 Å². The predicted octanol–water partition coefficient (Wildman–Crippen LogP) is 5.72. The lowest BCUT2D eigenvalue weighted by Crippen LogP contribution is -2.43. The van der Waals surface area contributed by atoms with Crippen LogP contribution in [0.1, 0.15) is 50.4 Å². The van der Waals surface area contributed by atoms with E-state index < -0.39 is 11.4 Å². The number of halogens is 1. The topological polar surface area (TPSA) is 77.0 Å². The summed E-state index contributed by atoms with van der Waals surface area (Å²) < 4.78 is 5.12. The summed E-state index contributed by atoms with van der Waals surface area (Å²) in [5, 5.41) is 7.88. The molecule has 7 heteroatoms. The predicted molar refractivity (Wildman–Crippen MR) is 124 cm³/mol. The van der Waals surface area contributed by atoms with Gasteiger partial charge in [0.25, 0.3) is 0 Å². The summed E-state index contributed by atoms with van der Waals surface area (Å²) >= 11 is 6.08. The molecule has 2 fully saturated rings. The molecule has 0 saturated heterocycles. The molecule has 1 N–H and O–H groups in total. The van der Waals surface area contributed by atoms with Crippen molar-refractivity contribution in [2.24, 2.45) is 21.4 Å². The molecule has 6 nitrogen and oxygen atoms in total. The second-order valence-corrected chi connectivity index (χ2v) is 9.76. The number of benzene rings is 2. The molecule has 2 aliphatic rings. The Balaban J connectivity index is 1.56. The first kappa shape index (κ1) is 22.3. The SMILES string of the molecule is COc1ccc(C(=O)O/N=C2\CC3(C(=O)Nc4cccc(Cl)c4)CCC2(C)C3(C)C)cc1. The average molecular weight is 455 g/mol. The highest BCUT2D eigenvalue weighted by Gasteiger charge is 2.71. The zero-order chi connectivity index (χ0) is 23.1. The van der Waals surface area contributed by atoms with Gasteiger partial charge in [-0.15, -0.1) is 0 Å². The van der Waals surface area contributed by atoms with Crippen molar-refractivity contribution >= 4 is 34.9 Å². The van der Waals surface area contributed by atoms with Gasteiger partial charge in [-0.05, 0) is 60.7 Å². The number of nitrogens with zero attached hydrogens (tertiary/aromatic N) is 1. The zero-order valence-corrected chi connectivity index (χ0v) is 19.5. The van der Waals surface area contributed by atoms with Crippen molar-refractivity contribution in [3.05, 3.63) is 59.1 Å². The van der Waals surface area contributed by atoms with Crippen LogP contribution in [0.2, 0.25) is 5.02 Å². The second kappa shape index (κ2) is 7.93. The molecule has 2 aromatic rings. The first-order valence-electron chi connectivity index (χ1n) is 10.6. The highest BCUT2D eigenvalue weighted by molar-refractivity contribution is 6.30. The Morgan fingerprint density at radius 2 is 1.78 bits per heavy atom. The molecule has 2 saturated carbocycles. The summed E-state index contributed by atoms with van der Waals surface area (Å²) in [6, 6.07) is 13.8. The van der Waals surface area contributed by atoms with E-state index in [-0.39, 0.29) is 16.7 Å². The lowest BCUT2D eigenvalue weighted by Gasteiger charge is -2.39. The number of methoxy groups -OCH3 is 1. The molecule has 0 radical (unpaired) electrons. The number of carbonyl (C=O) groups is 2. The third-order valence-corrected chi connectivity index (χ3v) is 8.05. The number of oxime groups is 1. The van der Waals surface area contributed by atoms with Crippen molar-refractivity contribution in [3.63, 3.8) is 0 Å². The molecule has 2 atom stereocenters. The van der Waals surface area contributed by atoms with Crippen LogP contribution in [0.15, 0.2) is 53.7 Å². The highest BCUT2D eigenvalue weighted by atomic mass is 35.5. The van der Waals surface area contributed by atoms with Crippen LogP contribution in [-0.4, -0.2) is 24.7 Å². The van der Waals surface area contributed by atoms with Gasteiger partial charge in [0, 0.05) is 22.5 Å². The van der Waals surface area contributed by atoms with Crippen LogP contribution in [-0.2, 0) is 9.63 Å². The quantitative estimate of drug-likeness (QED) is 0.463. The maximum absolute atomic E-state index is 13.5. The second-order valence-electron chi connectivity index (χ2n) is 9.33. The molecule has 2 bridgehead atoms. The largest absolute Gasteiger partial charge is 0.497 e. The monoisotopic (exact) mass is 454 g/mol. The number of hydrogen-bond donors (Lipinski definition) is 1. The number of rotatable bonds is 5. The number of amides is 1. The molecule has 0 aromatic heterocycles. The first-order chi connectivity index (χ1) is 15.1. The molecular formula is C25H27ClN2O4. The lowest BCUT2D eigenvalue weighted by molar-refractivity contribution is -0.130. The molecule has 2 unspecified atom stereocenters. The minimum Gasteiger partial charge on any atom is -0.497 e. The van der Waals surface area contributed by atoms with E-state index in [4.69, 9.17) is 21.2 Å². The standard InChI is InChI=1S/C25H27ClN2O4/c1-23(2)24(3)12-13-25(23,22(30)27-18-7-5-6-17(26)14-18)15-20(24)28-32-21(29)16-8-10-19(31-4)11-9-16/h5-11,14H,12-13,15H2,1-4H3,(H,27,30)/b28-20+. The number of ether oxygens (including phenoxy) is 1. The van der Waals surface area contributed by atoms with E-state index in [2.05, 4.69) is 31.2 Å². The van der Waals surface area contributed by atoms with Gasteiger partial charge in [-0.3, -0.25) is 4.79 Å². The van der Waals surface area contributed by atoms with Gasteiger partial charge in [0.2, 0.25) is 5.91 Å². The first-order valence-corrected chi connectivity index (χ1v) is 11.0. The van der Waals surface area contributed by atoms with Crippen LogP contribution in [0.4, 0.5) is 5.69 Å². The highest BCUT2D eigenvalue weighted by Crippen LogP contribution is 2.71. The van der Waals surface area contributed by atoms with Gasteiger partial charge in [-0.1, -0.05) is 43.6 Å². The van der Waals surface area contributed by atoms with E-state index in [1.54, 1.807) is 49.6 Å². The van der Waals surface area contributed by atoms with E-state index in [0.717, 1.165) is 18.6 Å². The molecule has 32 heavy (non-hydrogen) atoms. The Kier molecular flexibility index (Phi) is 5.53. The van der Waals surface area contributed by atoms with Crippen molar-refractivity contribution in [1.29, 1.82) is 0 Å². The molecule has 0 heterocycles. The minimum absolute atomic E-state index is 0.0554. The number of fused-ring (bicyclic) bond motifs is 2.